The minimum Gasteiger partial charge on any atom is -0.457 e. The summed E-state index contributed by atoms with van der Waals surface area (Å²) in [5.41, 5.74) is -0.429. The van der Waals surface area contributed by atoms with Crippen LogP contribution in [0.1, 0.15) is 11.3 Å². The fourth-order valence-corrected chi connectivity index (χ4v) is 3.80. The average molecular weight is 408 g/mol. The first-order chi connectivity index (χ1) is 13.4. The fourth-order valence-electron chi connectivity index (χ4n) is 2.85. The maximum absolute atomic E-state index is 12.9. The summed E-state index contributed by atoms with van der Waals surface area (Å²) in [6.07, 6.45) is -2.87. The minimum absolute atomic E-state index is 0.294. The van der Waals surface area contributed by atoms with Gasteiger partial charge in [-0.05, 0) is 36.0 Å². The highest BCUT2D eigenvalue weighted by Crippen LogP contribution is 2.34. The van der Waals surface area contributed by atoms with Crippen LogP contribution in [0, 0.1) is 0 Å². The smallest absolute Gasteiger partial charge is 0.416 e. The van der Waals surface area contributed by atoms with Crippen LogP contribution in [0.5, 0.6) is 0 Å². The normalized spacial score (nSPS) is 19.4. The molecule has 2 aliphatic heterocycles. The van der Waals surface area contributed by atoms with Crippen molar-refractivity contribution in [3.05, 3.63) is 52.6 Å². The van der Waals surface area contributed by atoms with Crippen molar-refractivity contribution in [2.45, 2.75) is 6.18 Å². The molecule has 0 spiro atoms. The largest absolute Gasteiger partial charge is 0.457 e. The van der Waals surface area contributed by atoms with Crippen molar-refractivity contribution in [1.82, 2.24) is 4.90 Å². The van der Waals surface area contributed by atoms with Crippen LogP contribution in [-0.4, -0.2) is 42.3 Å². The summed E-state index contributed by atoms with van der Waals surface area (Å²) in [7, 11) is 0. The molecule has 146 valence electrons. The summed E-state index contributed by atoms with van der Waals surface area (Å²) in [5, 5.41) is 0.629. The third kappa shape index (κ3) is 4.00. The van der Waals surface area contributed by atoms with Gasteiger partial charge in [0.05, 0.1) is 23.7 Å². The summed E-state index contributed by atoms with van der Waals surface area (Å²) in [6, 6.07) is 8.11. The van der Waals surface area contributed by atoms with Gasteiger partial charge in [-0.1, -0.05) is 12.1 Å². The van der Waals surface area contributed by atoms with Crippen LogP contribution in [0.15, 0.2) is 50.7 Å². The molecule has 0 aliphatic carbocycles. The number of amides is 1. The van der Waals surface area contributed by atoms with E-state index in [1.165, 1.54) is 17.8 Å². The van der Waals surface area contributed by atoms with Crippen LogP contribution in [0.2, 0.25) is 0 Å². The van der Waals surface area contributed by atoms with Crippen molar-refractivity contribution < 1.29 is 27.1 Å². The van der Waals surface area contributed by atoms with E-state index in [4.69, 9.17) is 9.15 Å². The number of carbonyl (C=O) groups is 1. The number of halogens is 3. The highest BCUT2D eigenvalue weighted by molar-refractivity contribution is 8.18. The van der Waals surface area contributed by atoms with Gasteiger partial charge in [0.15, 0.2) is 5.17 Å². The Kier molecular flexibility index (Phi) is 5.03. The number of alkyl halides is 3. The molecule has 0 bridgehead atoms. The standard InChI is InChI=1S/C19H15F3N2O3S/c20-19(21,22)13-3-1-2-12(10-13)15-5-4-14(27-15)11-16-17(25)23-18(28-16)24-6-8-26-9-7-24/h1-5,10-11H,6-9H2/b16-11+. The first-order valence-electron chi connectivity index (χ1n) is 8.53. The number of furan rings is 1. The van der Waals surface area contributed by atoms with E-state index in [-0.39, 0.29) is 5.91 Å². The van der Waals surface area contributed by atoms with E-state index < -0.39 is 11.7 Å². The molecule has 0 N–H and O–H groups in total. The van der Waals surface area contributed by atoms with Crippen LogP contribution in [0.4, 0.5) is 13.2 Å². The third-order valence-corrected chi connectivity index (χ3v) is 5.31. The molecule has 9 heteroatoms. The van der Waals surface area contributed by atoms with Crippen molar-refractivity contribution in [2.75, 3.05) is 26.3 Å². The van der Waals surface area contributed by atoms with Crippen LogP contribution < -0.4 is 0 Å². The summed E-state index contributed by atoms with van der Waals surface area (Å²) >= 11 is 1.25. The van der Waals surface area contributed by atoms with Gasteiger partial charge in [-0.2, -0.15) is 18.2 Å². The Morgan fingerprint density at radius 1 is 1.14 bits per heavy atom. The van der Waals surface area contributed by atoms with Crippen molar-refractivity contribution in [1.29, 1.82) is 0 Å². The van der Waals surface area contributed by atoms with Gasteiger partial charge in [0.2, 0.25) is 0 Å². The van der Waals surface area contributed by atoms with Gasteiger partial charge in [0.1, 0.15) is 11.5 Å². The molecule has 1 aromatic carbocycles. The van der Waals surface area contributed by atoms with Crippen LogP contribution in [0.25, 0.3) is 17.4 Å². The number of benzene rings is 1. The number of morpholine rings is 1. The number of rotatable bonds is 2. The number of thioether (sulfide) groups is 1. The van der Waals surface area contributed by atoms with Crippen LogP contribution in [0.3, 0.4) is 0 Å². The molecule has 1 amide bonds. The zero-order valence-electron chi connectivity index (χ0n) is 14.5. The molecular formula is C19H15F3N2O3S. The van der Waals surface area contributed by atoms with Crippen molar-refractivity contribution >= 4 is 28.9 Å². The molecule has 1 saturated heterocycles. The number of ether oxygens (including phenoxy) is 1. The Balaban J connectivity index is 1.52. The molecule has 3 heterocycles. The Morgan fingerprint density at radius 2 is 1.93 bits per heavy atom. The summed E-state index contributed by atoms with van der Waals surface area (Å²) in [4.78, 5) is 18.6. The van der Waals surface area contributed by atoms with Crippen LogP contribution >= 0.6 is 11.8 Å². The molecule has 0 atom stereocenters. The second kappa shape index (κ2) is 7.48. The van der Waals surface area contributed by atoms with Gasteiger partial charge >= 0.3 is 6.18 Å². The molecule has 0 saturated carbocycles. The number of hydrogen-bond acceptors (Lipinski definition) is 5. The van der Waals surface area contributed by atoms with Gasteiger partial charge in [-0.25, -0.2) is 0 Å². The molecule has 2 aliphatic rings. The molecule has 0 radical (unpaired) electrons. The second-order valence-corrected chi connectivity index (χ2v) is 7.20. The molecule has 5 nitrogen and oxygen atoms in total. The Morgan fingerprint density at radius 3 is 2.68 bits per heavy atom. The average Bonchev–Trinajstić information content (AvgIpc) is 3.29. The number of nitrogens with zero attached hydrogens (tertiary/aromatic N) is 2. The van der Waals surface area contributed by atoms with Gasteiger partial charge in [-0.15, -0.1) is 0 Å². The molecule has 1 aromatic heterocycles. The first kappa shape index (κ1) is 18.8. The Labute approximate surface area is 162 Å². The molecule has 4 rings (SSSR count). The van der Waals surface area contributed by atoms with E-state index in [9.17, 15) is 18.0 Å². The lowest BCUT2D eigenvalue weighted by Crippen LogP contribution is -2.38. The molecule has 0 unspecified atom stereocenters. The Hall–Kier alpha value is -2.52. The predicted molar refractivity (Wildman–Crippen MR) is 99.5 cm³/mol. The number of hydrogen-bond donors (Lipinski definition) is 0. The number of amidine groups is 1. The Bertz CT molecular complexity index is 959. The maximum Gasteiger partial charge on any atom is 0.416 e. The van der Waals surface area contributed by atoms with Gasteiger partial charge in [0, 0.05) is 24.7 Å². The zero-order valence-corrected chi connectivity index (χ0v) is 15.3. The lowest BCUT2D eigenvalue weighted by atomic mass is 10.1. The van der Waals surface area contributed by atoms with Gasteiger partial charge in [0.25, 0.3) is 5.91 Å². The fraction of sp³-hybridized carbons (Fsp3) is 0.263. The van der Waals surface area contributed by atoms with Gasteiger partial charge < -0.3 is 14.1 Å². The van der Waals surface area contributed by atoms with E-state index in [2.05, 4.69) is 4.99 Å². The predicted octanol–water partition coefficient (Wildman–Crippen LogP) is 4.27. The highest BCUT2D eigenvalue weighted by atomic mass is 32.2. The maximum atomic E-state index is 12.9. The van der Waals surface area contributed by atoms with Crippen molar-refractivity contribution in [3.63, 3.8) is 0 Å². The summed E-state index contributed by atoms with van der Waals surface area (Å²) in [5.74, 6) is 0.313. The van der Waals surface area contributed by atoms with E-state index in [1.54, 1.807) is 24.3 Å². The highest BCUT2D eigenvalue weighted by Gasteiger charge is 2.31. The summed E-state index contributed by atoms with van der Waals surface area (Å²) < 4.78 is 49.6. The quantitative estimate of drug-likeness (QED) is 0.695. The molecule has 28 heavy (non-hydrogen) atoms. The first-order valence-corrected chi connectivity index (χ1v) is 9.34. The number of aliphatic imine (C=N–C) groups is 1. The monoisotopic (exact) mass is 408 g/mol. The SMILES string of the molecule is O=C1N=C(N2CCOCC2)S/C1=C/c1ccc(-c2cccc(C(F)(F)F)c2)o1. The topological polar surface area (TPSA) is 55.0 Å². The van der Waals surface area contributed by atoms with Crippen molar-refractivity contribution in [3.8, 4) is 11.3 Å². The molecule has 2 aromatic rings. The third-order valence-electron chi connectivity index (χ3n) is 4.27. The second-order valence-electron chi connectivity index (χ2n) is 6.19. The molecular weight excluding hydrogens is 393 g/mol. The summed E-state index contributed by atoms with van der Waals surface area (Å²) in [6.45, 7) is 2.52. The van der Waals surface area contributed by atoms with Crippen molar-refractivity contribution in [2.24, 2.45) is 4.99 Å². The van der Waals surface area contributed by atoms with E-state index in [0.717, 1.165) is 12.1 Å². The van der Waals surface area contributed by atoms with Crippen LogP contribution in [-0.2, 0) is 15.7 Å². The minimum atomic E-state index is -4.42. The number of carbonyl (C=O) groups excluding carboxylic acids is 1. The van der Waals surface area contributed by atoms with E-state index >= 15 is 0 Å². The molecule has 1 fully saturated rings. The lowest BCUT2D eigenvalue weighted by Gasteiger charge is -2.27. The lowest BCUT2D eigenvalue weighted by molar-refractivity contribution is -0.137. The van der Waals surface area contributed by atoms with E-state index in [1.807, 2.05) is 4.90 Å². The van der Waals surface area contributed by atoms with Gasteiger partial charge in [-0.3, -0.25) is 4.79 Å². The zero-order chi connectivity index (χ0) is 19.7. The van der Waals surface area contributed by atoms with E-state index in [0.29, 0.717) is 53.5 Å².